The summed E-state index contributed by atoms with van der Waals surface area (Å²) in [6, 6.07) is 0. The monoisotopic (exact) mass is 352 g/mol. The van der Waals surface area contributed by atoms with Gasteiger partial charge in [0.25, 0.3) is 0 Å². The first-order valence-corrected chi connectivity index (χ1v) is 10.2. The van der Waals surface area contributed by atoms with Gasteiger partial charge >= 0.3 is 0 Å². The smallest absolute Gasteiger partial charge is 0.153 e. The SMILES string of the molecule is [C]#CC(C#CCN1CCCCC1)(C#CCN1CCCC1)CCCN(C)C. The van der Waals surface area contributed by atoms with Crippen molar-refractivity contribution in [1.82, 2.24) is 14.7 Å². The van der Waals surface area contributed by atoms with Gasteiger partial charge in [-0.05, 0) is 91.8 Å². The van der Waals surface area contributed by atoms with E-state index in [1.165, 1.54) is 32.1 Å². The van der Waals surface area contributed by atoms with Crippen LogP contribution in [-0.4, -0.2) is 74.6 Å². The Labute approximate surface area is 161 Å². The molecule has 2 aliphatic heterocycles. The largest absolute Gasteiger partial charge is 0.309 e. The normalized spacial score (nSPS) is 20.5. The Kier molecular flexibility index (Phi) is 9.08. The van der Waals surface area contributed by atoms with Gasteiger partial charge in [-0.2, -0.15) is 0 Å². The predicted molar refractivity (Wildman–Crippen MR) is 109 cm³/mol. The highest BCUT2D eigenvalue weighted by molar-refractivity contribution is 5.36. The lowest BCUT2D eigenvalue weighted by atomic mass is 9.85. The average molecular weight is 353 g/mol. The minimum Gasteiger partial charge on any atom is -0.309 e. The molecular formula is C23H34N3. The van der Waals surface area contributed by atoms with Crippen LogP contribution in [0.5, 0.6) is 0 Å². The van der Waals surface area contributed by atoms with Crippen molar-refractivity contribution in [2.75, 3.05) is 59.9 Å². The topological polar surface area (TPSA) is 9.72 Å². The van der Waals surface area contributed by atoms with Gasteiger partial charge < -0.3 is 4.90 Å². The van der Waals surface area contributed by atoms with Crippen LogP contribution in [0.3, 0.4) is 0 Å². The Morgan fingerprint density at radius 2 is 1.35 bits per heavy atom. The maximum atomic E-state index is 7.91. The average Bonchev–Trinajstić information content (AvgIpc) is 3.15. The van der Waals surface area contributed by atoms with Crippen molar-refractivity contribution in [3.8, 4) is 29.6 Å². The molecule has 0 saturated carbocycles. The van der Waals surface area contributed by atoms with Crippen molar-refractivity contribution < 1.29 is 0 Å². The summed E-state index contributed by atoms with van der Waals surface area (Å²) in [6.07, 6.45) is 16.1. The molecule has 0 spiro atoms. The highest BCUT2D eigenvalue weighted by Gasteiger charge is 2.22. The van der Waals surface area contributed by atoms with Crippen molar-refractivity contribution in [1.29, 1.82) is 0 Å². The molecular weight excluding hydrogens is 318 g/mol. The molecule has 0 bridgehead atoms. The second kappa shape index (κ2) is 11.3. The second-order valence-electron chi connectivity index (χ2n) is 7.86. The number of rotatable bonds is 6. The van der Waals surface area contributed by atoms with Gasteiger partial charge in [-0.1, -0.05) is 36.0 Å². The lowest BCUT2D eigenvalue weighted by Crippen LogP contribution is -2.30. The molecule has 0 aromatic heterocycles. The van der Waals surface area contributed by atoms with Gasteiger partial charge in [-0.3, -0.25) is 9.80 Å². The number of nitrogens with zero attached hydrogens (tertiary/aromatic N) is 3. The lowest BCUT2D eigenvalue weighted by molar-refractivity contribution is 0.255. The van der Waals surface area contributed by atoms with Gasteiger partial charge in [-0.25, -0.2) is 0 Å². The van der Waals surface area contributed by atoms with E-state index in [9.17, 15) is 0 Å². The van der Waals surface area contributed by atoms with Gasteiger partial charge in [0.2, 0.25) is 0 Å². The number of hydrogen-bond acceptors (Lipinski definition) is 3. The fourth-order valence-electron chi connectivity index (χ4n) is 3.60. The summed E-state index contributed by atoms with van der Waals surface area (Å²) in [7, 11) is 4.16. The van der Waals surface area contributed by atoms with E-state index in [4.69, 9.17) is 6.42 Å². The van der Waals surface area contributed by atoms with Gasteiger partial charge in [0.1, 0.15) is 0 Å². The fraction of sp³-hybridized carbons (Fsp3) is 0.739. The van der Waals surface area contributed by atoms with Gasteiger partial charge in [0, 0.05) is 0 Å². The molecule has 1 unspecified atom stereocenters. The zero-order valence-corrected chi connectivity index (χ0v) is 16.7. The van der Waals surface area contributed by atoms with Crippen molar-refractivity contribution >= 4 is 0 Å². The van der Waals surface area contributed by atoms with Gasteiger partial charge in [0.15, 0.2) is 5.41 Å². The summed E-state index contributed by atoms with van der Waals surface area (Å²) in [4.78, 5) is 6.99. The first kappa shape index (κ1) is 20.9. The maximum Gasteiger partial charge on any atom is 0.153 e. The van der Waals surface area contributed by atoms with Crippen molar-refractivity contribution in [3.05, 3.63) is 6.42 Å². The Balaban J connectivity index is 2.00. The van der Waals surface area contributed by atoms with Crippen LogP contribution in [-0.2, 0) is 0 Å². The molecule has 0 amide bonds. The van der Waals surface area contributed by atoms with Crippen LogP contribution < -0.4 is 0 Å². The minimum atomic E-state index is -0.703. The Morgan fingerprint density at radius 1 is 0.846 bits per heavy atom. The molecule has 1 radical (unpaired) electrons. The summed E-state index contributed by atoms with van der Waals surface area (Å²) >= 11 is 0. The van der Waals surface area contributed by atoms with Crippen LogP contribution >= 0.6 is 0 Å². The first-order chi connectivity index (χ1) is 12.6. The van der Waals surface area contributed by atoms with Crippen molar-refractivity contribution in [3.63, 3.8) is 0 Å². The third-order valence-corrected chi connectivity index (χ3v) is 5.23. The Bertz CT molecular complexity index is 569. The van der Waals surface area contributed by atoms with Gasteiger partial charge in [-0.15, -0.1) is 0 Å². The van der Waals surface area contributed by atoms with E-state index in [2.05, 4.69) is 58.4 Å². The fourth-order valence-corrected chi connectivity index (χ4v) is 3.60. The second-order valence-corrected chi connectivity index (χ2v) is 7.86. The standard InChI is InChI=1S/C23H34N3/c1-4-23(13-10-16-24(2)3,15-12-22-26-19-8-9-20-26)14-11-21-25-17-6-5-7-18-25/h5-10,13,16-22H2,2-3H3. The molecule has 2 aliphatic rings. The number of likely N-dealkylation sites (tertiary alicyclic amines) is 2. The van der Waals surface area contributed by atoms with E-state index < -0.39 is 5.41 Å². The maximum absolute atomic E-state index is 7.91. The number of piperidine rings is 1. The Hall–Kier alpha value is -1.44. The van der Waals surface area contributed by atoms with E-state index in [1.54, 1.807) is 0 Å². The highest BCUT2D eigenvalue weighted by Crippen LogP contribution is 2.22. The van der Waals surface area contributed by atoms with Crippen LogP contribution in [0, 0.1) is 41.4 Å². The molecule has 3 nitrogen and oxygen atoms in total. The molecule has 2 fully saturated rings. The van der Waals surface area contributed by atoms with Crippen LogP contribution in [0.25, 0.3) is 0 Å². The molecule has 0 aliphatic carbocycles. The van der Waals surface area contributed by atoms with E-state index >= 15 is 0 Å². The summed E-state index contributed by atoms with van der Waals surface area (Å²) < 4.78 is 0. The molecule has 2 heterocycles. The van der Waals surface area contributed by atoms with E-state index in [0.717, 1.165) is 58.7 Å². The molecule has 0 aromatic carbocycles. The molecule has 141 valence electrons. The summed E-state index contributed by atoms with van der Waals surface area (Å²) in [5.74, 6) is 16.0. The summed E-state index contributed by atoms with van der Waals surface area (Å²) in [6.45, 7) is 7.18. The lowest BCUT2D eigenvalue weighted by Gasteiger charge is -2.24. The number of hydrogen-bond donors (Lipinski definition) is 0. The molecule has 26 heavy (non-hydrogen) atoms. The van der Waals surface area contributed by atoms with Crippen molar-refractivity contribution in [2.45, 2.75) is 44.9 Å². The van der Waals surface area contributed by atoms with Crippen LogP contribution in [0.1, 0.15) is 44.9 Å². The zero-order chi connectivity index (χ0) is 18.7. The zero-order valence-electron chi connectivity index (χ0n) is 16.7. The third-order valence-electron chi connectivity index (χ3n) is 5.23. The summed E-state index contributed by atoms with van der Waals surface area (Å²) in [5, 5.41) is 0. The molecule has 2 rings (SSSR count). The van der Waals surface area contributed by atoms with E-state index in [0.29, 0.717) is 0 Å². The molecule has 3 heteroatoms. The van der Waals surface area contributed by atoms with Crippen molar-refractivity contribution in [2.24, 2.45) is 5.41 Å². The molecule has 2 saturated heterocycles. The van der Waals surface area contributed by atoms with Crippen LogP contribution in [0.2, 0.25) is 0 Å². The Morgan fingerprint density at radius 3 is 1.81 bits per heavy atom. The third kappa shape index (κ3) is 7.43. The molecule has 1 atom stereocenters. The predicted octanol–water partition coefficient (Wildman–Crippen LogP) is 2.49. The van der Waals surface area contributed by atoms with E-state index in [1.807, 2.05) is 0 Å². The highest BCUT2D eigenvalue weighted by atomic mass is 15.1. The van der Waals surface area contributed by atoms with Gasteiger partial charge in [0.05, 0.1) is 13.1 Å². The molecule has 0 aromatic rings. The van der Waals surface area contributed by atoms with E-state index in [-0.39, 0.29) is 0 Å². The minimum absolute atomic E-state index is 0.703. The molecule has 0 N–H and O–H groups in total. The van der Waals surface area contributed by atoms with Crippen LogP contribution in [0.15, 0.2) is 0 Å². The first-order valence-electron chi connectivity index (χ1n) is 10.2. The quantitative estimate of drug-likeness (QED) is 0.680. The summed E-state index contributed by atoms with van der Waals surface area (Å²) in [5.41, 5.74) is -0.703. The van der Waals surface area contributed by atoms with Crippen LogP contribution in [0.4, 0.5) is 0 Å².